The predicted molar refractivity (Wildman–Crippen MR) is 176 cm³/mol. The van der Waals surface area contributed by atoms with Gasteiger partial charge in [-0.1, -0.05) is 48.5 Å². The number of carbonyl (C=O) groups is 4. The van der Waals surface area contributed by atoms with Crippen molar-refractivity contribution in [1.82, 2.24) is 26.0 Å². The van der Waals surface area contributed by atoms with Crippen LogP contribution in [0.25, 0.3) is 0 Å². The van der Waals surface area contributed by atoms with Crippen molar-refractivity contribution in [2.75, 3.05) is 31.7 Å². The average Bonchev–Trinajstić information content (AvgIpc) is 3.34. The molecule has 1 heterocycles. The monoisotopic (exact) mass is 678 g/mol. The third-order valence-electron chi connectivity index (χ3n) is 6.83. The van der Waals surface area contributed by atoms with Crippen molar-refractivity contribution in [2.45, 2.75) is 98.5 Å². The first-order valence-electron chi connectivity index (χ1n) is 15.4. The van der Waals surface area contributed by atoms with Crippen LogP contribution in [0.3, 0.4) is 0 Å². The fraction of sp³-hybridized carbons (Fsp3) is 0.828. The fourth-order valence-electron chi connectivity index (χ4n) is 4.35. The maximum atomic E-state index is 13.3. The van der Waals surface area contributed by atoms with Crippen molar-refractivity contribution < 1.29 is 37.4 Å². The molecule has 0 saturated heterocycles. The number of alkyl carbamates (subject to hydrolysis) is 1. The van der Waals surface area contributed by atoms with E-state index < -0.39 is 64.6 Å². The van der Waals surface area contributed by atoms with Crippen LogP contribution in [0.15, 0.2) is 4.99 Å². The maximum absolute atomic E-state index is 13.3. The van der Waals surface area contributed by atoms with Gasteiger partial charge in [-0.25, -0.2) is 17.9 Å². The number of thioether (sulfide) groups is 1. The standard InChI is InChI=1S/C29H54N6O8S2/c1-16(2)10-21(23(36)11-19(7)26(37)35-25(18(5)6)28(39)30-12-17(3)4)33-27(38)22(13-31-45(9,41)42)34-29(40)43-14-24-32-20(8)15-44-24/h16-23,25,31,36H,10-15H2,1-9H3,(H,30,39)(H,33,38)(H,34,40)(H,35,37)/t19-,20?,21+,22+,23+,25+/m1/s1. The molecule has 0 aliphatic carbocycles. The van der Waals surface area contributed by atoms with E-state index in [4.69, 9.17) is 4.74 Å². The number of aliphatic hydroxyl groups is 1. The first-order chi connectivity index (χ1) is 20.8. The molecule has 14 nitrogen and oxygen atoms in total. The van der Waals surface area contributed by atoms with Crippen molar-refractivity contribution in [3.8, 4) is 0 Å². The second-order valence-corrected chi connectivity index (χ2v) is 15.8. The number of nitrogens with zero attached hydrogens (tertiary/aromatic N) is 1. The van der Waals surface area contributed by atoms with Gasteiger partial charge in [0, 0.05) is 24.8 Å². The van der Waals surface area contributed by atoms with E-state index in [0.29, 0.717) is 18.0 Å². The van der Waals surface area contributed by atoms with E-state index in [1.54, 1.807) is 6.92 Å². The van der Waals surface area contributed by atoms with Gasteiger partial charge in [0.05, 0.1) is 24.4 Å². The highest BCUT2D eigenvalue weighted by Crippen LogP contribution is 2.18. The first-order valence-corrected chi connectivity index (χ1v) is 18.3. The van der Waals surface area contributed by atoms with Gasteiger partial charge in [-0.15, -0.1) is 11.8 Å². The number of rotatable bonds is 19. The summed E-state index contributed by atoms with van der Waals surface area (Å²) in [6.45, 7) is 14.9. The van der Waals surface area contributed by atoms with Gasteiger partial charge in [-0.3, -0.25) is 19.4 Å². The smallest absolute Gasteiger partial charge is 0.408 e. The second-order valence-electron chi connectivity index (χ2n) is 12.9. The summed E-state index contributed by atoms with van der Waals surface area (Å²) >= 11 is 1.46. The van der Waals surface area contributed by atoms with Crippen molar-refractivity contribution in [2.24, 2.45) is 28.7 Å². The normalized spacial score (nSPS) is 18.5. The number of aliphatic imine (C=N–C) groups is 1. The first kappa shape index (κ1) is 40.6. The van der Waals surface area contributed by atoms with Crippen molar-refractivity contribution in [1.29, 1.82) is 0 Å². The molecule has 0 fully saturated rings. The molecule has 0 aromatic heterocycles. The summed E-state index contributed by atoms with van der Waals surface area (Å²) in [5.41, 5.74) is 0. The molecule has 0 spiro atoms. The van der Waals surface area contributed by atoms with Gasteiger partial charge < -0.3 is 31.1 Å². The molecule has 0 aromatic rings. The van der Waals surface area contributed by atoms with Crippen LogP contribution in [0.4, 0.5) is 4.79 Å². The minimum atomic E-state index is -3.71. The zero-order chi connectivity index (χ0) is 34.5. The molecule has 16 heteroatoms. The van der Waals surface area contributed by atoms with E-state index in [1.165, 1.54) is 11.8 Å². The molecule has 0 radical (unpaired) electrons. The SMILES string of the molecule is CC(C)CNC(=O)[C@@H](NC(=O)[C@H](C)C[C@H](O)[C@H](CC(C)C)NC(=O)[C@H](CNS(C)(=O)=O)NC(=O)OCC1=NC(C)CS1)C(C)C. The number of hydrogen-bond acceptors (Lipinski definition) is 10. The van der Waals surface area contributed by atoms with E-state index in [0.717, 1.165) is 12.0 Å². The lowest BCUT2D eigenvalue weighted by atomic mass is 9.91. The fourth-order valence-corrected chi connectivity index (χ4v) is 5.73. The molecule has 1 rings (SSSR count). The average molecular weight is 679 g/mol. The van der Waals surface area contributed by atoms with E-state index in [-0.39, 0.29) is 42.7 Å². The van der Waals surface area contributed by atoms with Crippen LogP contribution in [0.5, 0.6) is 0 Å². The molecule has 0 bridgehead atoms. The van der Waals surface area contributed by atoms with E-state index in [1.807, 2.05) is 48.5 Å². The Labute approximate surface area is 272 Å². The zero-order valence-electron chi connectivity index (χ0n) is 28.0. The van der Waals surface area contributed by atoms with Crippen LogP contribution >= 0.6 is 11.8 Å². The summed E-state index contributed by atoms with van der Waals surface area (Å²) in [6.07, 6.45) is -0.871. The molecule has 1 unspecified atom stereocenters. The molecule has 45 heavy (non-hydrogen) atoms. The molecule has 260 valence electrons. The van der Waals surface area contributed by atoms with E-state index in [2.05, 4.69) is 31.0 Å². The minimum Gasteiger partial charge on any atom is -0.442 e. The topological polar surface area (TPSA) is 204 Å². The third-order valence-corrected chi connectivity index (χ3v) is 8.73. The number of aliphatic hydroxyl groups excluding tert-OH is 1. The molecular weight excluding hydrogens is 624 g/mol. The Bertz CT molecular complexity index is 1130. The highest BCUT2D eigenvalue weighted by Gasteiger charge is 2.32. The molecule has 1 aliphatic heterocycles. The molecule has 0 saturated carbocycles. The molecule has 1 aliphatic rings. The predicted octanol–water partition coefficient (Wildman–Crippen LogP) is 0.995. The number of ether oxygens (including phenoxy) is 1. The minimum absolute atomic E-state index is 0.0259. The summed E-state index contributed by atoms with van der Waals surface area (Å²) in [7, 11) is -3.71. The Kier molecular flexibility index (Phi) is 17.4. The highest BCUT2D eigenvalue weighted by atomic mass is 32.2. The quantitative estimate of drug-likeness (QED) is 0.115. The number of hydrogen-bond donors (Lipinski definition) is 6. The Morgan fingerprint density at radius 2 is 1.58 bits per heavy atom. The van der Waals surface area contributed by atoms with Gasteiger partial charge in [-0.2, -0.15) is 0 Å². The molecule has 6 N–H and O–H groups in total. The lowest BCUT2D eigenvalue weighted by Gasteiger charge is -2.30. The summed E-state index contributed by atoms with van der Waals surface area (Å²) in [5.74, 6) is -1.27. The van der Waals surface area contributed by atoms with E-state index in [9.17, 15) is 32.7 Å². The number of carbonyl (C=O) groups excluding carboxylic acids is 4. The summed E-state index contributed by atoms with van der Waals surface area (Å²) < 4.78 is 30.9. The summed E-state index contributed by atoms with van der Waals surface area (Å²) in [4.78, 5) is 55.9. The van der Waals surface area contributed by atoms with Gasteiger partial charge in [0.25, 0.3) is 0 Å². The Morgan fingerprint density at radius 1 is 0.933 bits per heavy atom. The molecule has 0 aromatic carbocycles. The van der Waals surface area contributed by atoms with Crippen LogP contribution < -0.4 is 26.0 Å². The van der Waals surface area contributed by atoms with Crippen LogP contribution in [0.1, 0.15) is 68.2 Å². The number of sulfonamides is 1. The Balaban J connectivity index is 2.95. The number of nitrogens with one attached hydrogen (secondary N) is 5. The lowest BCUT2D eigenvalue weighted by Crippen LogP contribution is -2.57. The largest absolute Gasteiger partial charge is 0.442 e. The zero-order valence-corrected chi connectivity index (χ0v) is 29.6. The molecule has 4 amide bonds. The highest BCUT2D eigenvalue weighted by molar-refractivity contribution is 8.14. The summed E-state index contributed by atoms with van der Waals surface area (Å²) in [5, 5.41) is 22.5. The van der Waals surface area contributed by atoms with Crippen molar-refractivity contribution >= 4 is 50.6 Å². The van der Waals surface area contributed by atoms with Gasteiger partial charge in [0.2, 0.25) is 27.7 Å². The van der Waals surface area contributed by atoms with Crippen LogP contribution in [-0.4, -0.2) is 104 Å². The van der Waals surface area contributed by atoms with Crippen molar-refractivity contribution in [3.63, 3.8) is 0 Å². The van der Waals surface area contributed by atoms with Crippen LogP contribution in [0.2, 0.25) is 0 Å². The Hall–Kier alpha value is -2.43. The van der Waals surface area contributed by atoms with Gasteiger partial charge in [-0.05, 0) is 37.5 Å². The lowest BCUT2D eigenvalue weighted by molar-refractivity contribution is -0.132. The van der Waals surface area contributed by atoms with Gasteiger partial charge in [0.1, 0.15) is 23.7 Å². The molecule has 6 atom stereocenters. The van der Waals surface area contributed by atoms with Gasteiger partial charge in [0.15, 0.2) is 0 Å². The second kappa shape index (κ2) is 19.3. The van der Waals surface area contributed by atoms with E-state index >= 15 is 0 Å². The Morgan fingerprint density at radius 3 is 2.09 bits per heavy atom. The molecular formula is C29H54N6O8S2. The maximum Gasteiger partial charge on any atom is 0.408 e. The summed E-state index contributed by atoms with van der Waals surface area (Å²) in [6, 6.07) is -2.83. The van der Waals surface area contributed by atoms with Crippen LogP contribution in [0, 0.1) is 23.7 Å². The van der Waals surface area contributed by atoms with Crippen LogP contribution in [-0.2, 0) is 29.1 Å². The third kappa shape index (κ3) is 16.6. The number of amides is 4. The van der Waals surface area contributed by atoms with Crippen molar-refractivity contribution in [3.05, 3.63) is 0 Å². The van der Waals surface area contributed by atoms with Gasteiger partial charge >= 0.3 is 6.09 Å².